The topological polar surface area (TPSA) is 88.5 Å². The number of carbonyl (C=O) groups excluding carboxylic acids is 2. The summed E-state index contributed by atoms with van der Waals surface area (Å²) in [5, 5.41) is 11.6. The number of rotatable bonds is 9. The molecule has 0 bridgehead atoms. The molecule has 0 radical (unpaired) electrons. The molecule has 42 heavy (non-hydrogen) atoms. The van der Waals surface area contributed by atoms with Gasteiger partial charge in [-0.15, -0.1) is 0 Å². The highest BCUT2D eigenvalue weighted by atomic mass is 16.5. The number of nitrogens with zero attached hydrogens (tertiary/aromatic N) is 2. The molecule has 2 fully saturated rings. The van der Waals surface area contributed by atoms with E-state index < -0.39 is 17.7 Å². The summed E-state index contributed by atoms with van der Waals surface area (Å²) in [6.07, 6.45) is 1.46. The first-order valence-corrected chi connectivity index (χ1v) is 14.6. The maximum atomic E-state index is 13.6. The molecule has 6 rings (SSSR count). The Morgan fingerprint density at radius 3 is 2.60 bits per heavy atom. The summed E-state index contributed by atoms with van der Waals surface area (Å²) in [5.74, 6) is -0.0461. The van der Waals surface area contributed by atoms with Crippen LogP contribution in [0, 0.1) is 0 Å². The molecule has 1 amide bonds. The van der Waals surface area contributed by atoms with Crippen molar-refractivity contribution in [1.29, 1.82) is 0 Å². The molecule has 0 saturated carbocycles. The van der Waals surface area contributed by atoms with Gasteiger partial charge < -0.3 is 24.2 Å². The van der Waals surface area contributed by atoms with Gasteiger partial charge in [0.05, 0.1) is 24.8 Å². The van der Waals surface area contributed by atoms with Crippen LogP contribution in [0.1, 0.15) is 41.6 Å². The minimum Gasteiger partial charge on any atom is -0.507 e. The van der Waals surface area contributed by atoms with Crippen molar-refractivity contribution in [2.75, 3.05) is 39.4 Å². The Bertz CT molecular complexity index is 1480. The first-order valence-electron chi connectivity index (χ1n) is 14.6. The van der Waals surface area contributed by atoms with Gasteiger partial charge in [0, 0.05) is 38.2 Å². The molecule has 8 heteroatoms. The summed E-state index contributed by atoms with van der Waals surface area (Å²) in [5.41, 5.74) is 3.31. The van der Waals surface area contributed by atoms with Crippen LogP contribution in [-0.2, 0) is 27.4 Å². The highest BCUT2D eigenvalue weighted by Crippen LogP contribution is 2.41. The van der Waals surface area contributed by atoms with Crippen molar-refractivity contribution in [3.05, 3.63) is 101 Å². The highest BCUT2D eigenvalue weighted by Gasteiger charge is 2.46. The van der Waals surface area contributed by atoms with Gasteiger partial charge in [0.2, 0.25) is 0 Å². The molecule has 3 aromatic carbocycles. The lowest BCUT2D eigenvalue weighted by Crippen LogP contribution is -2.38. The van der Waals surface area contributed by atoms with E-state index in [0.717, 1.165) is 42.9 Å². The molecule has 0 aromatic heterocycles. The van der Waals surface area contributed by atoms with Crippen molar-refractivity contribution >= 4 is 17.4 Å². The number of benzene rings is 3. The average Bonchev–Trinajstić information content (AvgIpc) is 3.52. The minimum atomic E-state index is -0.738. The summed E-state index contributed by atoms with van der Waals surface area (Å²) >= 11 is 0. The zero-order chi connectivity index (χ0) is 29.1. The predicted octanol–water partition coefficient (Wildman–Crippen LogP) is 4.73. The SMILES string of the molecule is C[C@H]1Cc2cc(C(O)=C3C(=O)C(=O)N(CCCN4CCOCC4)[C@H]3c3cccc(OCc4ccccc4)c3)ccc2O1. The van der Waals surface area contributed by atoms with Crippen LogP contribution in [0.5, 0.6) is 11.5 Å². The van der Waals surface area contributed by atoms with Crippen molar-refractivity contribution in [2.45, 2.75) is 38.5 Å². The number of likely N-dealkylation sites (tertiary alicyclic amines) is 1. The lowest BCUT2D eigenvalue weighted by molar-refractivity contribution is -0.140. The first kappa shape index (κ1) is 28.0. The molecular weight excluding hydrogens is 532 g/mol. The Labute approximate surface area is 246 Å². The molecule has 8 nitrogen and oxygen atoms in total. The van der Waals surface area contributed by atoms with E-state index in [4.69, 9.17) is 14.2 Å². The highest BCUT2D eigenvalue weighted by molar-refractivity contribution is 6.46. The fraction of sp³-hybridized carbons (Fsp3) is 0.353. The van der Waals surface area contributed by atoms with E-state index in [1.165, 1.54) is 0 Å². The third kappa shape index (κ3) is 5.91. The number of fused-ring (bicyclic) bond motifs is 1. The number of ketones is 1. The number of hydrogen-bond donors (Lipinski definition) is 1. The molecule has 3 aliphatic heterocycles. The lowest BCUT2D eigenvalue weighted by atomic mass is 9.94. The van der Waals surface area contributed by atoms with E-state index in [9.17, 15) is 14.7 Å². The average molecular weight is 569 g/mol. The zero-order valence-electron chi connectivity index (χ0n) is 23.8. The third-order valence-corrected chi connectivity index (χ3v) is 8.11. The Morgan fingerprint density at radius 1 is 0.976 bits per heavy atom. The van der Waals surface area contributed by atoms with Crippen LogP contribution in [-0.4, -0.2) is 72.1 Å². The van der Waals surface area contributed by atoms with Crippen molar-refractivity contribution in [3.63, 3.8) is 0 Å². The number of carbonyl (C=O) groups is 2. The molecule has 1 N–H and O–H groups in total. The molecule has 0 aliphatic carbocycles. The van der Waals surface area contributed by atoms with E-state index in [1.54, 1.807) is 11.0 Å². The fourth-order valence-corrected chi connectivity index (χ4v) is 5.99. The normalized spacial score (nSPS) is 21.8. The van der Waals surface area contributed by atoms with Gasteiger partial charge in [-0.3, -0.25) is 14.5 Å². The number of hydrogen-bond acceptors (Lipinski definition) is 7. The first-order chi connectivity index (χ1) is 20.5. The van der Waals surface area contributed by atoms with Gasteiger partial charge in [0.1, 0.15) is 30.0 Å². The number of amides is 1. The Balaban J connectivity index is 1.32. The largest absolute Gasteiger partial charge is 0.507 e. The molecule has 2 saturated heterocycles. The van der Waals surface area contributed by atoms with Gasteiger partial charge in [0.25, 0.3) is 11.7 Å². The summed E-state index contributed by atoms with van der Waals surface area (Å²) in [4.78, 5) is 31.0. The molecular formula is C34H36N2O6. The van der Waals surface area contributed by atoms with Crippen LogP contribution in [0.2, 0.25) is 0 Å². The smallest absolute Gasteiger partial charge is 0.295 e. The van der Waals surface area contributed by atoms with Gasteiger partial charge in [-0.05, 0) is 60.4 Å². The second kappa shape index (κ2) is 12.4. The molecule has 218 valence electrons. The van der Waals surface area contributed by atoms with Crippen LogP contribution in [0.3, 0.4) is 0 Å². The van der Waals surface area contributed by atoms with Crippen molar-refractivity contribution in [3.8, 4) is 11.5 Å². The molecule has 0 unspecified atom stereocenters. The van der Waals surface area contributed by atoms with Crippen LogP contribution in [0.15, 0.2) is 78.4 Å². The fourth-order valence-electron chi connectivity index (χ4n) is 5.99. The standard InChI is InChI=1S/C34H36N2O6/c1-23-19-27-20-26(11-12-29(27)42-23)32(37)30-31(25-9-5-10-28(21-25)41-22-24-7-3-2-4-8-24)36(34(39)33(30)38)14-6-13-35-15-17-40-18-16-35/h2-5,7-12,20-21,23,31,37H,6,13-19,22H2,1H3/t23-,31-/m0/s1. The van der Waals surface area contributed by atoms with Crippen molar-refractivity contribution in [2.24, 2.45) is 0 Å². The second-order valence-corrected chi connectivity index (χ2v) is 11.1. The van der Waals surface area contributed by atoms with Crippen LogP contribution in [0.25, 0.3) is 5.76 Å². The monoisotopic (exact) mass is 568 g/mol. The molecule has 2 atom stereocenters. The van der Waals surface area contributed by atoms with Crippen LogP contribution >= 0.6 is 0 Å². The molecule has 3 heterocycles. The van der Waals surface area contributed by atoms with E-state index >= 15 is 0 Å². The molecule has 3 aliphatic rings. The summed E-state index contributed by atoms with van der Waals surface area (Å²) < 4.78 is 17.4. The number of aliphatic hydroxyl groups excluding tert-OH is 1. The van der Waals surface area contributed by atoms with Crippen molar-refractivity contribution in [1.82, 2.24) is 9.80 Å². The Kier molecular flexibility index (Phi) is 8.26. The number of ether oxygens (including phenoxy) is 3. The predicted molar refractivity (Wildman–Crippen MR) is 158 cm³/mol. The van der Waals surface area contributed by atoms with Crippen molar-refractivity contribution < 1.29 is 28.9 Å². The third-order valence-electron chi connectivity index (χ3n) is 8.11. The van der Waals surface area contributed by atoms with E-state index in [2.05, 4.69) is 4.90 Å². The number of aliphatic hydroxyl groups is 1. The zero-order valence-corrected chi connectivity index (χ0v) is 23.8. The summed E-state index contributed by atoms with van der Waals surface area (Å²) in [6.45, 7) is 6.66. The molecule has 3 aromatic rings. The quantitative estimate of drug-likeness (QED) is 0.227. The Hall–Kier alpha value is -4.14. The van der Waals surface area contributed by atoms with Crippen LogP contribution in [0.4, 0.5) is 0 Å². The number of Topliss-reactive ketones (excluding diaryl/α,β-unsaturated/α-hetero) is 1. The van der Waals surface area contributed by atoms with Crippen LogP contribution < -0.4 is 9.47 Å². The van der Waals surface area contributed by atoms with Gasteiger partial charge in [-0.25, -0.2) is 0 Å². The van der Waals surface area contributed by atoms with E-state index in [0.29, 0.717) is 49.7 Å². The summed E-state index contributed by atoms with van der Waals surface area (Å²) in [7, 11) is 0. The maximum Gasteiger partial charge on any atom is 0.295 e. The Morgan fingerprint density at radius 2 is 1.79 bits per heavy atom. The van der Waals surface area contributed by atoms with Gasteiger partial charge in [-0.2, -0.15) is 0 Å². The second-order valence-electron chi connectivity index (χ2n) is 11.1. The van der Waals surface area contributed by atoms with Gasteiger partial charge in [-0.1, -0.05) is 42.5 Å². The van der Waals surface area contributed by atoms with Gasteiger partial charge >= 0.3 is 0 Å². The minimum absolute atomic E-state index is 0.0491. The molecule has 0 spiro atoms. The lowest BCUT2D eigenvalue weighted by Gasteiger charge is -2.29. The van der Waals surface area contributed by atoms with E-state index in [1.807, 2.05) is 73.7 Å². The maximum absolute atomic E-state index is 13.6. The number of morpholine rings is 1. The summed E-state index contributed by atoms with van der Waals surface area (Å²) in [6, 6.07) is 22.0. The van der Waals surface area contributed by atoms with E-state index in [-0.39, 0.29) is 17.4 Å². The van der Waals surface area contributed by atoms with Gasteiger partial charge in [0.15, 0.2) is 0 Å².